The number of hydrogen-bond acceptors (Lipinski definition) is 4. The van der Waals surface area contributed by atoms with Crippen LogP contribution >= 0.6 is 15.9 Å². The van der Waals surface area contributed by atoms with Gasteiger partial charge in [-0.25, -0.2) is 9.97 Å². The predicted molar refractivity (Wildman–Crippen MR) is 94.9 cm³/mol. The van der Waals surface area contributed by atoms with Gasteiger partial charge in [0.2, 0.25) is 0 Å². The maximum atomic E-state index is 12.3. The second-order valence-electron chi connectivity index (χ2n) is 5.74. The molecule has 0 saturated carbocycles. The number of nitrogens with zero attached hydrogens (tertiary/aromatic N) is 3. The quantitative estimate of drug-likeness (QED) is 0.887. The molecule has 5 nitrogen and oxygen atoms in total. The molecule has 1 aromatic heterocycles. The van der Waals surface area contributed by atoms with Crippen LogP contribution in [-0.2, 0) is 0 Å². The molecule has 1 aliphatic heterocycles. The summed E-state index contributed by atoms with van der Waals surface area (Å²) in [5.74, 6) is 0.588. The summed E-state index contributed by atoms with van der Waals surface area (Å²) in [5, 5.41) is 2.85. The molecule has 3 rings (SSSR count). The third kappa shape index (κ3) is 3.88. The third-order valence-corrected chi connectivity index (χ3v) is 4.58. The van der Waals surface area contributed by atoms with Gasteiger partial charge in [-0.3, -0.25) is 4.79 Å². The number of amides is 1. The van der Waals surface area contributed by atoms with Crippen LogP contribution in [0.1, 0.15) is 35.3 Å². The average Bonchev–Trinajstić information content (AvgIpc) is 2.58. The first-order valence-electron chi connectivity index (χ1n) is 7.78. The zero-order chi connectivity index (χ0) is 16.2. The lowest BCUT2D eigenvalue weighted by atomic mass is 10.1. The normalized spacial score (nSPS) is 14.6. The fraction of sp³-hybridized carbons (Fsp3) is 0.353. The van der Waals surface area contributed by atoms with Gasteiger partial charge in [-0.15, -0.1) is 0 Å². The molecule has 0 bridgehead atoms. The summed E-state index contributed by atoms with van der Waals surface area (Å²) in [6.45, 7) is 4.02. The van der Waals surface area contributed by atoms with Crippen LogP contribution in [0.25, 0.3) is 0 Å². The molecule has 6 heteroatoms. The van der Waals surface area contributed by atoms with Crippen molar-refractivity contribution >= 4 is 33.3 Å². The summed E-state index contributed by atoms with van der Waals surface area (Å²) in [6.07, 6.45) is 6.87. The number of rotatable bonds is 3. The Kier molecular flexibility index (Phi) is 4.91. The van der Waals surface area contributed by atoms with Gasteiger partial charge in [-0.2, -0.15) is 0 Å². The highest BCUT2D eigenvalue weighted by Gasteiger charge is 2.14. The van der Waals surface area contributed by atoms with Crippen molar-refractivity contribution in [2.45, 2.75) is 26.2 Å². The van der Waals surface area contributed by atoms with E-state index < -0.39 is 0 Å². The molecule has 1 aliphatic rings. The van der Waals surface area contributed by atoms with Crippen LogP contribution in [0.5, 0.6) is 0 Å². The fourth-order valence-corrected chi connectivity index (χ4v) is 3.23. The van der Waals surface area contributed by atoms with Gasteiger partial charge in [0.1, 0.15) is 11.5 Å². The van der Waals surface area contributed by atoms with Crippen molar-refractivity contribution in [3.8, 4) is 0 Å². The Bertz CT molecular complexity index is 696. The number of carbonyl (C=O) groups excluding carboxylic acids is 1. The van der Waals surface area contributed by atoms with Gasteiger partial charge in [0.15, 0.2) is 0 Å². The van der Waals surface area contributed by atoms with Gasteiger partial charge < -0.3 is 10.2 Å². The third-order valence-electron chi connectivity index (χ3n) is 3.92. The van der Waals surface area contributed by atoms with E-state index in [1.54, 1.807) is 12.4 Å². The number of nitrogens with one attached hydrogen (secondary N) is 1. The molecular weight excluding hydrogens is 356 g/mol. The van der Waals surface area contributed by atoms with Gasteiger partial charge in [-0.05, 0) is 59.8 Å². The van der Waals surface area contributed by atoms with Crippen LogP contribution in [0.15, 0.2) is 35.1 Å². The van der Waals surface area contributed by atoms with E-state index in [0.29, 0.717) is 5.69 Å². The molecule has 0 spiro atoms. The van der Waals surface area contributed by atoms with Gasteiger partial charge in [-0.1, -0.05) is 6.07 Å². The Morgan fingerprint density at radius 1 is 1.17 bits per heavy atom. The highest BCUT2D eigenvalue weighted by molar-refractivity contribution is 9.10. The largest absolute Gasteiger partial charge is 0.355 e. The zero-order valence-electron chi connectivity index (χ0n) is 13.1. The minimum absolute atomic E-state index is 0.257. The summed E-state index contributed by atoms with van der Waals surface area (Å²) in [4.78, 5) is 23.2. The lowest BCUT2D eigenvalue weighted by Crippen LogP contribution is -2.30. The zero-order valence-corrected chi connectivity index (χ0v) is 14.6. The van der Waals surface area contributed by atoms with E-state index in [1.165, 1.54) is 19.3 Å². The molecule has 2 aromatic rings. The topological polar surface area (TPSA) is 58.1 Å². The van der Waals surface area contributed by atoms with Crippen molar-refractivity contribution in [2.24, 2.45) is 0 Å². The van der Waals surface area contributed by atoms with Crippen LogP contribution in [0, 0.1) is 6.92 Å². The summed E-state index contributed by atoms with van der Waals surface area (Å²) in [5.41, 5.74) is 2.17. The first-order valence-corrected chi connectivity index (χ1v) is 8.57. The van der Waals surface area contributed by atoms with E-state index in [4.69, 9.17) is 0 Å². The molecular formula is C17H19BrN4O. The lowest BCUT2D eigenvalue weighted by Gasteiger charge is -2.27. The molecule has 1 saturated heterocycles. The molecule has 23 heavy (non-hydrogen) atoms. The first-order chi connectivity index (χ1) is 11.1. The van der Waals surface area contributed by atoms with Crippen molar-refractivity contribution in [3.05, 3.63) is 46.3 Å². The van der Waals surface area contributed by atoms with Crippen molar-refractivity contribution in [2.75, 3.05) is 23.3 Å². The van der Waals surface area contributed by atoms with Crippen LogP contribution in [0.2, 0.25) is 0 Å². The Labute approximate surface area is 144 Å². The molecule has 1 N–H and O–H groups in total. The van der Waals surface area contributed by atoms with Gasteiger partial charge in [0.05, 0.1) is 18.1 Å². The van der Waals surface area contributed by atoms with E-state index in [9.17, 15) is 4.79 Å². The lowest BCUT2D eigenvalue weighted by molar-refractivity contribution is 0.102. The number of aromatic nitrogens is 2. The molecule has 1 fully saturated rings. The molecule has 120 valence electrons. The van der Waals surface area contributed by atoms with Crippen LogP contribution in [0.4, 0.5) is 11.5 Å². The second kappa shape index (κ2) is 7.08. The number of benzene rings is 1. The molecule has 2 heterocycles. The van der Waals surface area contributed by atoms with E-state index in [-0.39, 0.29) is 5.91 Å². The van der Waals surface area contributed by atoms with Gasteiger partial charge >= 0.3 is 0 Å². The number of anilines is 2. The number of hydrogen-bond donors (Lipinski definition) is 1. The van der Waals surface area contributed by atoms with Gasteiger partial charge in [0, 0.05) is 17.6 Å². The Morgan fingerprint density at radius 2 is 1.96 bits per heavy atom. The Hall–Kier alpha value is -1.95. The van der Waals surface area contributed by atoms with Gasteiger partial charge in [0.25, 0.3) is 5.91 Å². The maximum Gasteiger partial charge on any atom is 0.275 e. The SMILES string of the molecule is Cc1ccc(NC(=O)c2cnc(N3CCCCC3)cn2)c(Br)c1. The number of carbonyl (C=O) groups is 1. The van der Waals surface area contributed by atoms with E-state index in [1.807, 2.05) is 25.1 Å². The number of piperidine rings is 1. The fourth-order valence-electron chi connectivity index (χ4n) is 2.63. The smallest absolute Gasteiger partial charge is 0.275 e. The number of halogens is 1. The highest BCUT2D eigenvalue weighted by atomic mass is 79.9. The van der Waals surface area contributed by atoms with Crippen LogP contribution in [-0.4, -0.2) is 29.0 Å². The number of aryl methyl sites for hydroxylation is 1. The first kappa shape index (κ1) is 15.9. The highest BCUT2D eigenvalue weighted by Crippen LogP contribution is 2.24. The maximum absolute atomic E-state index is 12.3. The van der Waals surface area contributed by atoms with Crippen LogP contribution < -0.4 is 10.2 Å². The molecule has 0 aliphatic carbocycles. The predicted octanol–water partition coefficient (Wildman–Crippen LogP) is 3.79. The molecule has 1 aromatic carbocycles. The van der Waals surface area contributed by atoms with Crippen LogP contribution in [0.3, 0.4) is 0 Å². The summed E-state index contributed by atoms with van der Waals surface area (Å²) in [6, 6.07) is 5.78. The molecule has 0 radical (unpaired) electrons. The monoisotopic (exact) mass is 374 g/mol. The summed E-state index contributed by atoms with van der Waals surface area (Å²) in [7, 11) is 0. The van der Waals surface area contributed by atoms with E-state index in [2.05, 4.69) is 36.1 Å². The summed E-state index contributed by atoms with van der Waals surface area (Å²) < 4.78 is 0.851. The van der Waals surface area contributed by atoms with Crippen molar-refractivity contribution in [1.82, 2.24) is 9.97 Å². The minimum Gasteiger partial charge on any atom is -0.355 e. The standard InChI is InChI=1S/C17H19BrN4O/c1-12-5-6-14(13(18)9-12)21-17(23)15-10-20-16(11-19-15)22-7-3-2-4-8-22/h5-6,9-11H,2-4,7-8H2,1H3,(H,21,23). The van der Waals surface area contributed by atoms with Crippen molar-refractivity contribution in [1.29, 1.82) is 0 Å². The summed E-state index contributed by atoms with van der Waals surface area (Å²) >= 11 is 3.45. The van der Waals surface area contributed by atoms with E-state index in [0.717, 1.165) is 34.6 Å². The minimum atomic E-state index is -0.257. The van der Waals surface area contributed by atoms with Crippen molar-refractivity contribution < 1.29 is 4.79 Å². The molecule has 0 unspecified atom stereocenters. The molecule has 0 atom stereocenters. The molecule has 1 amide bonds. The van der Waals surface area contributed by atoms with E-state index >= 15 is 0 Å². The second-order valence-corrected chi connectivity index (χ2v) is 6.60. The van der Waals surface area contributed by atoms with Crippen molar-refractivity contribution in [3.63, 3.8) is 0 Å². The Morgan fingerprint density at radius 3 is 2.61 bits per heavy atom. The Balaban J connectivity index is 1.69. The average molecular weight is 375 g/mol.